The van der Waals surface area contributed by atoms with E-state index in [-0.39, 0.29) is 5.91 Å². The minimum atomic E-state index is -0.427. The Balaban J connectivity index is 1.51. The lowest BCUT2D eigenvalue weighted by Crippen LogP contribution is -2.52. The molecule has 0 saturated carbocycles. The van der Waals surface area contributed by atoms with E-state index >= 15 is 0 Å². The molecule has 1 amide bonds. The Morgan fingerprint density at radius 1 is 1.06 bits per heavy atom. The molecule has 1 aromatic heterocycles. The van der Waals surface area contributed by atoms with E-state index in [1.165, 1.54) is 5.56 Å². The van der Waals surface area contributed by atoms with Gasteiger partial charge in [0.1, 0.15) is 5.75 Å². The molecule has 4 rings (SSSR count). The number of benzene rings is 2. The third kappa shape index (κ3) is 5.00. The molecule has 5 heteroatoms. The summed E-state index contributed by atoms with van der Waals surface area (Å²) in [6, 6.07) is 22.7. The average Bonchev–Trinajstić information content (AvgIpc) is 2.85. The van der Waals surface area contributed by atoms with Gasteiger partial charge in [0.15, 0.2) is 0 Å². The van der Waals surface area contributed by atoms with E-state index in [9.17, 15) is 4.79 Å². The molecule has 2 aromatic carbocycles. The Kier molecular flexibility index (Phi) is 6.86. The van der Waals surface area contributed by atoms with Crippen LogP contribution < -0.4 is 10.1 Å². The highest BCUT2D eigenvalue weighted by Crippen LogP contribution is 2.35. The van der Waals surface area contributed by atoms with Crippen molar-refractivity contribution in [2.24, 2.45) is 5.41 Å². The van der Waals surface area contributed by atoms with Gasteiger partial charge in [0.05, 0.1) is 18.2 Å². The average molecular weight is 430 g/mol. The highest BCUT2D eigenvalue weighted by atomic mass is 16.5. The van der Waals surface area contributed by atoms with Crippen LogP contribution in [-0.4, -0.2) is 43.0 Å². The lowest BCUT2D eigenvalue weighted by atomic mass is 9.74. The Hall–Kier alpha value is -3.18. The normalized spacial score (nSPS) is 18.8. The number of methoxy groups -OCH3 is 1. The van der Waals surface area contributed by atoms with E-state index in [2.05, 4.69) is 51.6 Å². The Bertz CT molecular complexity index is 1020. The van der Waals surface area contributed by atoms with Crippen LogP contribution in [0.15, 0.2) is 72.9 Å². The van der Waals surface area contributed by atoms with Crippen LogP contribution in [0.2, 0.25) is 0 Å². The van der Waals surface area contributed by atoms with Crippen molar-refractivity contribution >= 4 is 5.91 Å². The maximum absolute atomic E-state index is 13.1. The number of carbonyl (C=O) groups is 1. The lowest BCUT2D eigenvalue weighted by Gasteiger charge is -2.41. The fourth-order valence-electron chi connectivity index (χ4n) is 4.75. The number of rotatable bonds is 7. The van der Waals surface area contributed by atoms with Crippen molar-refractivity contribution in [2.75, 3.05) is 27.2 Å². The Morgan fingerprint density at radius 2 is 1.78 bits per heavy atom. The van der Waals surface area contributed by atoms with Crippen molar-refractivity contribution in [2.45, 2.75) is 25.8 Å². The van der Waals surface area contributed by atoms with Crippen LogP contribution >= 0.6 is 0 Å². The molecular weight excluding hydrogens is 398 g/mol. The molecule has 0 unspecified atom stereocenters. The van der Waals surface area contributed by atoms with Crippen LogP contribution in [0.1, 0.15) is 24.1 Å². The van der Waals surface area contributed by atoms with E-state index in [0.29, 0.717) is 0 Å². The zero-order chi connectivity index (χ0) is 22.4. The van der Waals surface area contributed by atoms with Crippen LogP contribution in [-0.2, 0) is 17.8 Å². The van der Waals surface area contributed by atoms with Gasteiger partial charge in [0, 0.05) is 26.3 Å². The molecule has 166 valence electrons. The summed E-state index contributed by atoms with van der Waals surface area (Å²) in [5.41, 5.74) is 4.11. The fraction of sp³-hybridized carbons (Fsp3) is 0.333. The molecule has 1 aliphatic rings. The van der Waals surface area contributed by atoms with Crippen LogP contribution in [0, 0.1) is 5.41 Å². The standard InChI is InChI=1S/C27H31N3O2/c1-28-26(31)27(15-5-17-30(20-27)19-24-6-3-4-16-29-24)18-21-7-9-22(10-8-21)23-11-13-25(32-2)14-12-23/h3-4,6-14,16H,5,15,17-20H2,1-2H3,(H,28,31)/t27-/m1/s1. The lowest BCUT2D eigenvalue weighted by molar-refractivity contribution is -0.134. The molecule has 0 aliphatic carbocycles. The van der Waals surface area contributed by atoms with Gasteiger partial charge in [-0.05, 0) is 66.8 Å². The van der Waals surface area contributed by atoms with Gasteiger partial charge in [-0.15, -0.1) is 0 Å². The molecule has 1 fully saturated rings. The van der Waals surface area contributed by atoms with Gasteiger partial charge in [0.2, 0.25) is 5.91 Å². The number of ether oxygens (including phenoxy) is 1. The van der Waals surface area contributed by atoms with Crippen LogP contribution in [0.25, 0.3) is 11.1 Å². The van der Waals surface area contributed by atoms with Crippen molar-refractivity contribution in [3.63, 3.8) is 0 Å². The van der Waals surface area contributed by atoms with Gasteiger partial charge in [0.25, 0.3) is 0 Å². The van der Waals surface area contributed by atoms with E-state index in [4.69, 9.17) is 4.74 Å². The van der Waals surface area contributed by atoms with Crippen molar-refractivity contribution in [1.29, 1.82) is 0 Å². The van der Waals surface area contributed by atoms with E-state index in [1.54, 1.807) is 14.2 Å². The molecule has 1 saturated heterocycles. The zero-order valence-electron chi connectivity index (χ0n) is 18.9. The van der Waals surface area contributed by atoms with Gasteiger partial charge >= 0.3 is 0 Å². The summed E-state index contributed by atoms with van der Waals surface area (Å²) < 4.78 is 5.25. The predicted molar refractivity (Wildman–Crippen MR) is 127 cm³/mol. The van der Waals surface area contributed by atoms with Gasteiger partial charge in [-0.2, -0.15) is 0 Å². The van der Waals surface area contributed by atoms with Crippen LogP contribution in [0.3, 0.4) is 0 Å². The highest BCUT2D eigenvalue weighted by Gasteiger charge is 2.41. The molecule has 1 N–H and O–H groups in total. The first-order valence-electron chi connectivity index (χ1n) is 11.2. The molecule has 5 nitrogen and oxygen atoms in total. The number of hydrogen-bond acceptors (Lipinski definition) is 4. The van der Waals surface area contributed by atoms with Crippen molar-refractivity contribution in [3.8, 4) is 16.9 Å². The fourth-order valence-corrected chi connectivity index (χ4v) is 4.75. The zero-order valence-corrected chi connectivity index (χ0v) is 18.9. The van der Waals surface area contributed by atoms with E-state index in [0.717, 1.165) is 61.5 Å². The summed E-state index contributed by atoms with van der Waals surface area (Å²) in [6.45, 7) is 2.51. The Labute approximate surface area is 190 Å². The number of likely N-dealkylation sites (tertiary alicyclic amines) is 1. The first-order valence-corrected chi connectivity index (χ1v) is 11.2. The number of hydrogen-bond donors (Lipinski definition) is 1. The number of pyridine rings is 1. The third-order valence-electron chi connectivity index (χ3n) is 6.40. The molecule has 0 spiro atoms. The topological polar surface area (TPSA) is 54.5 Å². The second kappa shape index (κ2) is 9.96. The molecule has 2 heterocycles. The Morgan fingerprint density at radius 3 is 2.41 bits per heavy atom. The van der Waals surface area contributed by atoms with Gasteiger partial charge < -0.3 is 10.1 Å². The summed E-state index contributed by atoms with van der Waals surface area (Å²) in [5, 5.41) is 2.94. The monoisotopic (exact) mass is 429 g/mol. The molecule has 32 heavy (non-hydrogen) atoms. The summed E-state index contributed by atoms with van der Waals surface area (Å²) in [5.74, 6) is 0.980. The number of carbonyl (C=O) groups excluding carboxylic acids is 1. The van der Waals surface area contributed by atoms with Crippen LogP contribution in [0.5, 0.6) is 5.75 Å². The predicted octanol–water partition coefficient (Wildman–Crippen LogP) is 4.33. The third-order valence-corrected chi connectivity index (χ3v) is 6.40. The summed E-state index contributed by atoms with van der Waals surface area (Å²) in [4.78, 5) is 19.9. The number of aromatic nitrogens is 1. The molecule has 0 radical (unpaired) electrons. The minimum absolute atomic E-state index is 0.127. The number of amides is 1. The number of nitrogens with zero attached hydrogens (tertiary/aromatic N) is 2. The van der Waals surface area contributed by atoms with Crippen LogP contribution in [0.4, 0.5) is 0 Å². The van der Waals surface area contributed by atoms with Gasteiger partial charge in [-0.1, -0.05) is 42.5 Å². The number of piperidine rings is 1. The second-order valence-corrected chi connectivity index (χ2v) is 8.60. The largest absolute Gasteiger partial charge is 0.497 e. The molecule has 0 bridgehead atoms. The van der Waals surface area contributed by atoms with Crippen molar-refractivity contribution < 1.29 is 9.53 Å². The summed E-state index contributed by atoms with van der Waals surface area (Å²) >= 11 is 0. The van der Waals surface area contributed by atoms with E-state index in [1.807, 2.05) is 36.5 Å². The maximum Gasteiger partial charge on any atom is 0.227 e. The van der Waals surface area contributed by atoms with Crippen molar-refractivity contribution in [3.05, 3.63) is 84.2 Å². The maximum atomic E-state index is 13.1. The molecule has 1 aliphatic heterocycles. The van der Waals surface area contributed by atoms with Crippen molar-refractivity contribution in [1.82, 2.24) is 15.2 Å². The quantitative estimate of drug-likeness (QED) is 0.607. The number of nitrogens with one attached hydrogen (secondary N) is 1. The first kappa shape index (κ1) is 22.0. The first-order chi connectivity index (χ1) is 15.6. The van der Waals surface area contributed by atoms with Gasteiger partial charge in [-0.25, -0.2) is 0 Å². The minimum Gasteiger partial charge on any atom is -0.497 e. The smallest absolute Gasteiger partial charge is 0.227 e. The molecular formula is C27H31N3O2. The molecule has 3 aromatic rings. The SMILES string of the molecule is CNC(=O)[C@@]1(Cc2ccc(-c3ccc(OC)cc3)cc2)CCCN(Cc2ccccn2)C1. The second-order valence-electron chi connectivity index (χ2n) is 8.60. The highest BCUT2D eigenvalue weighted by molar-refractivity contribution is 5.83. The summed E-state index contributed by atoms with van der Waals surface area (Å²) in [7, 11) is 3.42. The molecule has 1 atom stereocenters. The van der Waals surface area contributed by atoms with E-state index < -0.39 is 5.41 Å². The summed E-state index contributed by atoms with van der Waals surface area (Å²) in [6.07, 6.45) is 4.46. The van der Waals surface area contributed by atoms with Gasteiger partial charge in [-0.3, -0.25) is 14.7 Å².